The van der Waals surface area contributed by atoms with Crippen molar-refractivity contribution in [3.8, 4) is 11.4 Å². The number of rotatable bonds is 7. The molecule has 2 aromatic heterocycles. The summed E-state index contributed by atoms with van der Waals surface area (Å²) < 4.78 is 13.0. The predicted molar refractivity (Wildman–Crippen MR) is 121 cm³/mol. The van der Waals surface area contributed by atoms with E-state index in [1.54, 1.807) is 14.2 Å². The van der Waals surface area contributed by atoms with Gasteiger partial charge in [-0.25, -0.2) is 0 Å². The Balaban J connectivity index is 1.81. The number of aryl methyl sites for hydroxylation is 1. The molecule has 1 saturated heterocycles. The SMILES string of the molecule is COCCN1C(=S)NC(c2ccccn2)C1c1ccc(C)n1-c1ccc(OC)cc1. The summed E-state index contributed by atoms with van der Waals surface area (Å²) in [5.74, 6) is 0.835. The van der Waals surface area contributed by atoms with Crippen LogP contribution in [0.4, 0.5) is 0 Å². The maximum Gasteiger partial charge on any atom is 0.170 e. The predicted octanol–water partition coefficient (Wildman–Crippen LogP) is 3.81. The van der Waals surface area contributed by atoms with Crippen LogP contribution in [0.1, 0.15) is 29.2 Å². The zero-order chi connectivity index (χ0) is 21.1. The zero-order valence-corrected chi connectivity index (χ0v) is 18.2. The largest absolute Gasteiger partial charge is 0.497 e. The van der Waals surface area contributed by atoms with Gasteiger partial charge in [-0.15, -0.1) is 0 Å². The van der Waals surface area contributed by atoms with Gasteiger partial charge in [-0.3, -0.25) is 4.98 Å². The van der Waals surface area contributed by atoms with Crippen molar-refractivity contribution in [2.45, 2.75) is 19.0 Å². The summed E-state index contributed by atoms with van der Waals surface area (Å²) in [6, 6.07) is 18.3. The highest BCUT2D eigenvalue weighted by Crippen LogP contribution is 2.40. The number of nitrogens with zero attached hydrogens (tertiary/aromatic N) is 3. The van der Waals surface area contributed by atoms with Gasteiger partial charge in [0.2, 0.25) is 0 Å². The molecule has 3 aromatic rings. The molecule has 3 heterocycles. The first-order valence-electron chi connectivity index (χ1n) is 9.93. The summed E-state index contributed by atoms with van der Waals surface area (Å²) in [7, 11) is 3.39. The van der Waals surface area contributed by atoms with Crippen LogP contribution >= 0.6 is 12.2 Å². The smallest absolute Gasteiger partial charge is 0.170 e. The van der Waals surface area contributed by atoms with Gasteiger partial charge < -0.3 is 24.3 Å². The number of benzene rings is 1. The normalized spacial score (nSPS) is 18.5. The van der Waals surface area contributed by atoms with Gasteiger partial charge in [-0.05, 0) is 67.7 Å². The number of nitrogens with one attached hydrogen (secondary N) is 1. The fraction of sp³-hybridized carbons (Fsp3) is 0.304. The number of methoxy groups -OCH3 is 2. The lowest BCUT2D eigenvalue weighted by Crippen LogP contribution is -2.33. The number of thiocarbonyl (C=S) groups is 1. The number of hydrogen-bond donors (Lipinski definition) is 1. The van der Waals surface area contributed by atoms with Crippen LogP contribution in [0.25, 0.3) is 5.69 Å². The van der Waals surface area contributed by atoms with Crippen LogP contribution in [0.2, 0.25) is 0 Å². The van der Waals surface area contributed by atoms with Crippen molar-refractivity contribution in [1.82, 2.24) is 19.8 Å². The Morgan fingerprint density at radius 1 is 1.07 bits per heavy atom. The van der Waals surface area contributed by atoms with E-state index in [0.717, 1.165) is 28.5 Å². The fourth-order valence-electron chi connectivity index (χ4n) is 4.03. The van der Waals surface area contributed by atoms with Crippen LogP contribution in [-0.2, 0) is 4.74 Å². The Hall–Kier alpha value is -2.90. The molecule has 0 radical (unpaired) electrons. The number of pyridine rings is 1. The van der Waals surface area contributed by atoms with Crippen molar-refractivity contribution in [3.05, 3.63) is 77.9 Å². The van der Waals surface area contributed by atoms with E-state index in [9.17, 15) is 0 Å². The first-order valence-corrected chi connectivity index (χ1v) is 10.3. The molecule has 0 amide bonds. The molecule has 1 aromatic carbocycles. The molecule has 1 N–H and O–H groups in total. The summed E-state index contributed by atoms with van der Waals surface area (Å²) in [6.07, 6.45) is 1.82. The molecule has 0 saturated carbocycles. The summed E-state index contributed by atoms with van der Waals surface area (Å²) in [5, 5.41) is 4.21. The lowest BCUT2D eigenvalue weighted by Gasteiger charge is -2.29. The van der Waals surface area contributed by atoms with Crippen molar-refractivity contribution in [2.24, 2.45) is 0 Å². The summed E-state index contributed by atoms with van der Waals surface area (Å²) in [5.41, 5.74) is 4.35. The lowest BCUT2D eigenvalue weighted by molar-refractivity contribution is 0.163. The molecule has 1 aliphatic heterocycles. The van der Waals surface area contributed by atoms with Crippen LogP contribution in [0.15, 0.2) is 60.8 Å². The Bertz CT molecular complexity index is 1000. The molecular formula is C23H26N4O2S. The quantitative estimate of drug-likeness (QED) is 0.585. The highest BCUT2D eigenvalue weighted by molar-refractivity contribution is 7.80. The van der Waals surface area contributed by atoms with Crippen molar-refractivity contribution in [1.29, 1.82) is 0 Å². The Morgan fingerprint density at radius 3 is 2.53 bits per heavy atom. The fourth-order valence-corrected chi connectivity index (χ4v) is 4.36. The minimum Gasteiger partial charge on any atom is -0.497 e. The van der Waals surface area contributed by atoms with E-state index in [2.05, 4.69) is 51.0 Å². The Labute approximate surface area is 182 Å². The Morgan fingerprint density at radius 2 is 1.87 bits per heavy atom. The molecular weight excluding hydrogens is 396 g/mol. The molecule has 2 atom stereocenters. The molecule has 6 nitrogen and oxygen atoms in total. The van der Waals surface area contributed by atoms with E-state index >= 15 is 0 Å². The van der Waals surface area contributed by atoms with Crippen LogP contribution < -0.4 is 10.1 Å². The molecule has 1 aliphatic rings. The van der Waals surface area contributed by atoms with Gasteiger partial charge in [0, 0.05) is 36.9 Å². The minimum atomic E-state index is -0.0538. The summed E-state index contributed by atoms with van der Waals surface area (Å²) in [4.78, 5) is 6.81. The Kier molecular flexibility index (Phi) is 6.01. The number of aromatic nitrogens is 2. The molecule has 0 bridgehead atoms. The maximum atomic E-state index is 5.71. The molecule has 156 valence electrons. The van der Waals surface area contributed by atoms with Gasteiger partial charge in [0.25, 0.3) is 0 Å². The van der Waals surface area contributed by atoms with Gasteiger partial charge >= 0.3 is 0 Å². The number of hydrogen-bond acceptors (Lipinski definition) is 4. The van der Waals surface area contributed by atoms with Gasteiger partial charge in [0.15, 0.2) is 5.11 Å². The third-order valence-electron chi connectivity index (χ3n) is 5.47. The van der Waals surface area contributed by atoms with Crippen molar-refractivity contribution in [2.75, 3.05) is 27.4 Å². The van der Waals surface area contributed by atoms with E-state index in [0.29, 0.717) is 18.3 Å². The average molecular weight is 423 g/mol. The molecule has 0 spiro atoms. The molecule has 4 rings (SSSR count). The molecule has 0 aliphatic carbocycles. The van der Waals surface area contributed by atoms with E-state index < -0.39 is 0 Å². The summed E-state index contributed by atoms with van der Waals surface area (Å²) >= 11 is 5.71. The van der Waals surface area contributed by atoms with E-state index in [1.807, 2.05) is 36.5 Å². The molecule has 2 unspecified atom stereocenters. The van der Waals surface area contributed by atoms with Crippen LogP contribution in [-0.4, -0.2) is 46.9 Å². The third kappa shape index (κ3) is 3.78. The molecule has 30 heavy (non-hydrogen) atoms. The highest BCUT2D eigenvalue weighted by atomic mass is 32.1. The first kappa shape index (κ1) is 20.4. The van der Waals surface area contributed by atoms with Gasteiger partial charge in [0.1, 0.15) is 5.75 Å². The number of ether oxygens (including phenoxy) is 2. The minimum absolute atomic E-state index is 0.0154. The second-order valence-corrected chi connectivity index (χ2v) is 7.63. The van der Waals surface area contributed by atoms with Gasteiger partial charge in [-0.1, -0.05) is 6.07 Å². The maximum absolute atomic E-state index is 5.71. The highest BCUT2D eigenvalue weighted by Gasteiger charge is 2.41. The first-order chi connectivity index (χ1) is 14.6. The topological polar surface area (TPSA) is 51.5 Å². The van der Waals surface area contributed by atoms with Crippen molar-refractivity contribution >= 4 is 17.3 Å². The second kappa shape index (κ2) is 8.85. The van der Waals surface area contributed by atoms with Crippen molar-refractivity contribution in [3.63, 3.8) is 0 Å². The van der Waals surface area contributed by atoms with Crippen LogP contribution in [0.5, 0.6) is 5.75 Å². The van der Waals surface area contributed by atoms with Gasteiger partial charge in [0.05, 0.1) is 31.5 Å². The second-order valence-electron chi connectivity index (χ2n) is 7.25. The third-order valence-corrected chi connectivity index (χ3v) is 5.83. The van der Waals surface area contributed by atoms with Gasteiger partial charge in [-0.2, -0.15) is 0 Å². The van der Waals surface area contributed by atoms with Crippen LogP contribution in [0.3, 0.4) is 0 Å². The zero-order valence-electron chi connectivity index (χ0n) is 17.4. The lowest BCUT2D eigenvalue weighted by atomic mass is 10.0. The van der Waals surface area contributed by atoms with Crippen LogP contribution in [0, 0.1) is 6.92 Å². The molecule has 7 heteroatoms. The summed E-state index contributed by atoms with van der Waals surface area (Å²) in [6.45, 7) is 3.41. The van der Waals surface area contributed by atoms with Crippen molar-refractivity contribution < 1.29 is 9.47 Å². The van der Waals surface area contributed by atoms with E-state index in [4.69, 9.17) is 21.7 Å². The molecule has 1 fully saturated rings. The monoisotopic (exact) mass is 422 g/mol. The standard InChI is InChI=1S/C23H26N4O2S/c1-16-7-12-20(27(16)17-8-10-18(29-3)11-9-17)22-21(19-6-4-5-13-24-19)25-23(30)26(22)14-15-28-2/h4-13,21-22H,14-15H2,1-3H3,(H,25,30). The van der Waals surface area contributed by atoms with E-state index in [-0.39, 0.29) is 12.1 Å². The average Bonchev–Trinajstić information content (AvgIpc) is 3.32. The van der Waals surface area contributed by atoms with E-state index in [1.165, 1.54) is 0 Å².